The molecule has 2 rings (SSSR count). The van der Waals surface area contributed by atoms with Crippen LogP contribution in [0.3, 0.4) is 0 Å². The Kier molecular flexibility index (Phi) is 2.47. The standard InChI is InChI=1S/C10H19N/c1-3-9-5-2-7-11-8-6-10(9)4-1/h9-11H,1-8H2. The topological polar surface area (TPSA) is 12.0 Å². The average Bonchev–Trinajstić information content (AvgIpc) is 2.35. The minimum absolute atomic E-state index is 1.09. The molecule has 1 N–H and O–H groups in total. The van der Waals surface area contributed by atoms with Crippen LogP contribution >= 0.6 is 0 Å². The van der Waals surface area contributed by atoms with Gasteiger partial charge in [0.2, 0.25) is 0 Å². The van der Waals surface area contributed by atoms with Gasteiger partial charge in [0.1, 0.15) is 0 Å². The van der Waals surface area contributed by atoms with Crippen molar-refractivity contribution in [1.82, 2.24) is 5.32 Å². The first kappa shape index (κ1) is 7.60. The third-order valence-electron chi connectivity index (χ3n) is 3.44. The molecule has 2 fully saturated rings. The smallest absolute Gasteiger partial charge is 0.00462 e. The van der Waals surface area contributed by atoms with Gasteiger partial charge in [0.05, 0.1) is 0 Å². The van der Waals surface area contributed by atoms with Gasteiger partial charge in [0.25, 0.3) is 0 Å². The van der Waals surface area contributed by atoms with E-state index in [0.29, 0.717) is 0 Å². The predicted molar refractivity (Wildman–Crippen MR) is 47.6 cm³/mol. The fourth-order valence-electron chi connectivity index (χ4n) is 2.78. The van der Waals surface area contributed by atoms with Crippen LogP contribution in [0.1, 0.15) is 38.5 Å². The quantitative estimate of drug-likeness (QED) is 0.562. The predicted octanol–water partition coefficient (Wildman–Crippen LogP) is 2.18. The van der Waals surface area contributed by atoms with Gasteiger partial charge in [-0.25, -0.2) is 0 Å². The average molecular weight is 153 g/mol. The second-order valence-electron chi connectivity index (χ2n) is 4.13. The van der Waals surface area contributed by atoms with E-state index in [1.807, 2.05) is 0 Å². The minimum atomic E-state index is 1.09. The maximum absolute atomic E-state index is 3.50. The summed E-state index contributed by atoms with van der Waals surface area (Å²) >= 11 is 0. The minimum Gasteiger partial charge on any atom is -0.317 e. The van der Waals surface area contributed by atoms with Crippen LogP contribution in [0.15, 0.2) is 0 Å². The molecule has 2 aliphatic rings. The van der Waals surface area contributed by atoms with Gasteiger partial charge >= 0.3 is 0 Å². The lowest BCUT2D eigenvalue weighted by Gasteiger charge is -2.22. The van der Waals surface area contributed by atoms with Crippen molar-refractivity contribution in [2.75, 3.05) is 13.1 Å². The van der Waals surface area contributed by atoms with E-state index in [4.69, 9.17) is 0 Å². The lowest BCUT2D eigenvalue weighted by atomic mass is 9.88. The summed E-state index contributed by atoms with van der Waals surface area (Å²) in [5, 5.41) is 3.50. The first-order valence-electron chi connectivity index (χ1n) is 5.17. The van der Waals surface area contributed by atoms with Gasteiger partial charge in [-0.05, 0) is 44.2 Å². The highest BCUT2D eigenvalue weighted by atomic mass is 14.8. The van der Waals surface area contributed by atoms with Crippen LogP contribution < -0.4 is 5.32 Å². The highest BCUT2D eigenvalue weighted by molar-refractivity contribution is 4.79. The Hall–Kier alpha value is -0.0400. The molecule has 0 aromatic rings. The number of nitrogens with one attached hydrogen (secondary N) is 1. The molecular weight excluding hydrogens is 134 g/mol. The Labute approximate surface area is 69.6 Å². The van der Waals surface area contributed by atoms with Crippen molar-refractivity contribution in [3.8, 4) is 0 Å². The molecular formula is C10H19N. The summed E-state index contributed by atoms with van der Waals surface area (Å²) in [6, 6.07) is 0. The molecule has 1 heterocycles. The van der Waals surface area contributed by atoms with Gasteiger partial charge in [0, 0.05) is 0 Å². The summed E-state index contributed by atoms with van der Waals surface area (Å²) in [6.07, 6.45) is 8.93. The molecule has 0 aromatic heterocycles. The fourth-order valence-corrected chi connectivity index (χ4v) is 2.78. The monoisotopic (exact) mass is 153 g/mol. The molecule has 2 atom stereocenters. The molecule has 1 aliphatic heterocycles. The number of fused-ring (bicyclic) bond motifs is 1. The molecule has 1 saturated heterocycles. The van der Waals surface area contributed by atoms with Crippen molar-refractivity contribution >= 4 is 0 Å². The van der Waals surface area contributed by atoms with Gasteiger partial charge in [-0.2, -0.15) is 0 Å². The summed E-state index contributed by atoms with van der Waals surface area (Å²) in [7, 11) is 0. The largest absolute Gasteiger partial charge is 0.317 e. The summed E-state index contributed by atoms with van der Waals surface area (Å²) in [6.45, 7) is 2.55. The Morgan fingerprint density at radius 1 is 0.727 bits per heavy atom. The van der Waals surface area contributed by atoms with E-state index in [1.54, 1.807) is 0 Å². The SMILES string of the molecule is C1CNCCC2CCCC2C1. The van der Waals surface area contributed by atoms with Crippen molar-refractivity contribution in [3.63, 3.8) is 0 Å². The zero-order valence-electron chi connectivity index (χ0n) is 7.31. The fraction of sp³-hybridized carbons (Fsp3) is 1.00. The van der Waals surface area contributed by atoms with Crippen LogP contribution in [-0.4, -0.2) is 13.1 Å². The van der Waals surface area contributed by atoms with Gasteiger partial charge in [-0.15, -0.1) is 0 Å². The molecule has 1 heteroatoms. The maximum atomic E-state index is 3.50. The zero-order chi connectivity index (χ0) is 7.52. The van der Waals surface area contributed by atoms with Gasteiger partial charge in [-0.3, -0.25) is 0 Å². The second-order valence-corrected chi connectivity index (χ2v) is 4.13. The summed E-state index contributed by atoms with van der Waals surface area (Å²) in [5.74, 6) is 2.19. The lowest BCUT2D eigenvalue weighted by molar-refractivity contribution is 0.310. The Bertz CT molecular complexity index is 108. The van der Waals surface area contributed by atoms with Crippen LogP contribution in [0, 0.1) is 11.8 Å². The second kappa shape index (κ2) is 3.57. The molecule has 64 valence electrons. The molecule has 0 bridgehead atoms. The Morgan fingerprint density at radius 3 is 2.36 bits per heavy atom. The number of rotatable bonds is 0. The molecule has 1 saturated carbocycles. The molecule has 1 aliphatic carbocycles. The van der Waals surface area contributed by atoms with Gasteiger partial charge in [0.15, 0.2) is 0 Å². The van der Waals surface area contributed by atoms with Gasteiger partial charge in [-0.1, -0.05) is 19.3 Å². The first-order valence-corrected chi connectivity index (χ1v) is 5.17. The third kappa shape index (κ3) is 1.76. The molecule has 0 amide bonds. The van der Waals surface area contributed by atoms with E-state index in [1.165, 1.54) is 51.6 Å². The van der Waals surface area contributed by atoms with Crippen LogP contribution in [0.2, 0.25) is 0 Å². The Morgan fingerprint density at radius 2 is 1.45 bits per heavy atom. The van der Waals surface area contributed by atoms with Crippen molar-refractivity contribution in [3.05, 3.63) is 0 Å². The molecule has 0 aromatic carbocycles. The maximum Gasteiger partial charge on any atom is -0.00462 e. The summed E-state index contributed by atoms with van der Waals surface area (Å²) < 4.78 is 0. The Balaban J connectivity index is 1.89. The molecule has 0 radical (unpaired) electrons. The van der Waals surface area contributed by atoms with E-state index in [9.17, 15) is 0 Å². The lowest BCUT2D eigenvalue weighted by Crippen LogP contribution is -2.24. The highest BCUT2D eigenvalue weighted by Gasteiger charge is 2.26. The normalized spacial score (nSPS) is 39.3. The van der Waals surface area contributed by atoms with Crippen LogP contribution in [0.5, 0.6) is 0 Å². The van der Waals surface area contributed by atoms with Crippen molar-refractivity contribution in [2.45, 2.75) is 38.5 Å². The van der Waals surface area contributed by atoms with Crippen LogP contribution in [0.4, 0.5) is 0 Å². The molecule has 0 spiro atoms. The van der Waals surface area contributed by atoms with Crippen LogP contribution in [0.25, 0.3) is 0 Å². The van der Waals surface area contributed by atoms with Crippen molar-refractivity contribution in [2.24, 2.45) is 11.8 Å². The van der Waals surface area contributed by atoms with E-state index in [-0.39, 0.29) is 0 Å². The van der Waals surface area contributed by atoms with E-state index < -0.39 is 0 Å². The van der Waals surface area contributed by atoms with Crippen molar-refractivity contribution < 1.29 is 0 Å². The summed E-state index contributed by atoms with van der Waals surface area (Å²) in [5.41, 5.74) is 0. The first-order chi connectivity index (χ1) is 5.47. The highest BCUT2D eigenvalue weighted by Crippen LogP contribution is 2.37. The van der Waals surface area contributed by atoms with Gasteiger partial charge < -0.3 is 5.32 Å². The van der Waals surface area contributed by atoms with E-state index in [2.05, 4.69) is 5.32 Å². The number of hydrogen-bond acceptors (Lipinski definition) is 1. The van der Waals surface area contributed by atoms with Crippen molar-refractivity contribution in [1.29, 1.82) is 0 Å². The van der Waals surface area contributed by atoms with E-state index >= 15 is 0 Å². The molecule has 2 unspecified atom stereocenters. The summed E-state index contributed by atoms with van der Waals surface area (Å²) in [4.78, 5) is 0. The zero-order valence-corrected chi connectivity index (χ0v) is 7.31. The van der Waals surface area contributed by atoms with Crippen LogP contribution in [-0.2, 0) is 0 Å². The third-order valence-corrected chi connectivity index (χ3v) is 3.44. The molecule has 1 nitrogen and oxygen atoms in total. The van der Waals surface area contributed by atoms with E-state index in [0.717, 1.165) is 11.8 Å². The molecule has 11 heavy (non-hydrogen) atoms. The number of hydrogen-bond donors (Lipinski definition) is 1.